The Morgan fingerprint density at radius 3 is 2.88 bits per heavy atom. The summed E-state index contributed by atoms with van der Waals surface area (Å²) in [6.45, 7) is 6.80. The molecule has 0 saturated carbocycles. The maximum Gasteiger partial charge on any atom is 0.338 e. The Morgan fingerprint density at radius 1 is 1.38 bits per heavy atom. The van der Waals surface area contributed by atoms with Crippen molar-refractivity contribution in [3.05, 3.63) is 23.3 Å². The Hall–Kier alpha value is -1.66. The van der Waals surface area contributed by atoms with E-state index in [0.29, 0.717) is 6.42 Å². The second kappa shape index (κ2) is 6.33. The van der Waals surface area contributed by atoms with Gasteiger partial charge in [-0.1, -0.05) is 18.6 Å². The summed E-state index contributed by atoms with van der Waals surface area (Å²) in [6.07, 6.45) is 4.48. The Kier molecular flexibility index (Phi) is 4.53. The quantitative estimate of drug-likeness (QED) is 0.529. The normalized spacial score (nSPS) is 40.2. The molecule has 0 aromatic carbocycles. The molecule has 0 amide bonds. The first-order valence-electron chi connectivity index (χ1n) is 8.49. The third-order valence-corrected chi connectivity index (χ3v) is 5.42. The number of ether oxygens (including phenoxy) is 2. The summed E-state index contributed by atoms with van der Waals surface area (Å²) in [5, 5.41) is 10.6. The van der Waals surface area contributed by atoms with Gasteiger partial charge in [-0.05, 0) is 38.2 Å². The van der Waals surface area contributed by atoms with E-state index in [0.717, 1.165) is 30.7 Å². The topological polar surface area (TPSA) is 76.1 Å². The van der Waals surface area contributed by atoms with Gasteiger partial charge in [0, 0.05) is 19.2 Å². The fourth-order valence-corrected chi connectivity index (χ4v) is 3.75. The third-order valence-electron chi connectivity index (χ3n) is 5.42. The van der Waals surface area contributed by atoms with Crippen molar-refractivity contribution in [3.8, 4) is 0 Å². The number of hydrogen-bond acceptors (Lipinski definition) is 6. The molecule has 0 aromatic rings. The second-order valence-corrected chi connectivity index (χ2v) is 7.30. The molecule has 3 rings (SSSR count). The van der Waals surface area contributed by atoms with Crippen LogP contribution in [-0.4, -0.2) is 59.4 Å². The summed E-state index contributed by atoms with van der Waals surface area (Å²) in [5.74, 6) is -1.35. The van der Waals surface area contributed by atoms with Gasteiger partial charge in [-0.25, -0.2) is 9.59 Å². The van der Waals surface area contributed by atoms with Crippen LogP contribution in [-0.2, 0) is 19.1 Å². The molecule has 0 spiro atoms. The highest BCUT2D eigenvalue weighted by molar-refractivity contribution is 5.83. The van der Waals surface area contributed by atoms with Crippen molar-refractivity contribution in [3.63, 3.8) is 0 Å². The molecule has 1 N–H and O–H groups in total. The van der Waals surface area contributed by atoms with Crippen molar-refractivity contribution in [2.45, 2.75) is 51.4 Å². The van der Waals surface area contributed by atoms with Crippen molar-refractivity contribution >= 4 is 11.9 Å². The Labute approximate surface area is 142 Å². The molecular weight excluding hydrogens is 310 g/mol. The van der Waals surface area contributed by atoms with Crippen molar-refractivity contribution in [1.82, 2.24) is 4.90 Å². The minimum absolute atomic E-state index is 0.0291. The van der Waals surface area contributed by atoms with E-state index in [1.54, 1.807) is 13.8 Å². The molecule has 3 aliphatic heterocycles. The highest BCUT2D eigenvalue weighted by atomic mass is 16.6. The second-order valence-electron chi connectivity index (χ2n) is 7.30. The number of carbonyl (C=O) groups excluding carboxylic acids is 2. The summed E-state index contributed by atoms with van der Waals surface area (Å²) < 4.78 is 11.1. The number of nitrogens with zero attached hydrogens (tertiary/aromatic N) is 1. The van der Waals surface area contributed by atoms with Gasteiger partial charge in [0.2, 0.25) is 0 Å². The third kappa shape index (κ3) is 3.13. The Balaban J connectivity index is 1.88. The first kappa shape index (κ1) is 17.2. The number of carbonyl (C=O) groups is 2. The zero-order valence-corrected chi connectivity index (χ0v) is 14.4. The van der Waals surface area contributed by atoms with Gasteiger partial charge in [-0.15, -0.1) is 0 Å². The molecule has 3 heterocycles. The lowest BCUT2D eigenvalue weighted by molar-refractivity contribution is -0.168. The molecule has 3 aliphatic rings. The van der Waals surface area contributed by atoms with Crippen LogP contribution in [0.2, 0.25) is 0 Å². The van der Waals surface area contributed by atoms with Crippen molar-refractivity contribution in [1.29, 1.82) is 0 Å². The first-order chi connectivity index (χ1) is 11.3. The molecule has 1 fully saturated rings. The van der Waals surface area contributed by atoms with E-state index >= 15 is 0 Å². The predicted octanol–water partition coefficient (Wildman–Crippen LogP) is 1.19. The van der Waals surface area contributed by atoms with E-state index in [-0.39, 0.29) is 30.6 Å². The number of cyclic esters (lactones) is 1. The smallest absolute Gasteiger partial charge is 0.338 e. The molecular formula is C18H25NO5. The van der Waals surface area contributed by atoms with Crippen LogP contribution in [0.5, 0.6) is 0 Å². The lowest BCUT2D eigenvalue weighted by Gasteiger charge is -2.28. The van der Waals surface area contributed by atoms with Gasteiger partial charge >= 0.3 is 11.9 Å². The van der Waals surface area contributed by atoms with E-state index < -0.39 is 11.6 Å². The van der Waals surface area contributed by atoms with Crippen LogP contribution in [0.1, 0.15) is 33.6 Å². The molecule has 1 saturated heterocycles. The maximum absolute atomic E-state index is 12.4. The molecule has 4 unspecified atom stereocenters. The van der Waals surface area contributed by atoms with E-state index in [2.05, 4.69) is 4.90 Å². The van der Waals surface area contributed by atoms with E-state index in [9.17, 15) is 14.7 Å². The number of allylic oxidation sites excluding steroid dienone is 1. The number of rotatable bonds is 0. The highest BCUT2D eigenvalue weighted by Gasteiger charge is 2.43. The average molecular weight is 335 g/mol. The van der Waals surface area contributed by atoms with Gasteiger partial charge in [0.15, 0.2) is 5.60 Å². The maximum atomic E-state index is 12.4. The fraction of sp³-hybridized carbons (Fsp3) is 0.667. The van der Waals surface area contributed by atoms with Crippen molar-refractivity contribution in [2.24, 2.45) is 5.92 Å². The van der Waals surface area contributed by atoms with Gasteiger partial charge in [-0.2, -0.15) is 0 Å². The molecule has 0 radical (unpaired) electrons. The monoisotopic (exact) mass is 335 g/mol. The van der Waals surface area contributed by atoms with Crippen LogP contribution in [0.15, 0.2) is 23.3 Å². The van der Waals surface area contributed by atoms with E-state index in [4.69, 9.17) is 9.47 Å². The number of hydrogen-bond donors (Lipinski definition) is 1. The van der Waals surface area contributed by atoms with Gasteiger partial charge in [-0.3, -0.25) is 4.90 Å². The SMILES string of the molecule is C/C1=C/C(=O)OC2CCN3CC=C(COC(=O)C(C)(O)C(C)C1)C23. The molecule has 6 nitrogen and oxygen atoms in total. The van der Waals surface area contributed by atoms with Gasteiger partial charge in [0.25, 0.3) is 0 Å². The molecule has 0 aliphatic carbocycles. The fourth-order valence-electron chi connectivity index (χ4n) is 3.75. The molecule has 24 heavy (non-hydrogen) atoms. The zero-order chi connectivity index (χ0) is 17.5. The molecule has 0 aromatic heterocycles. The summed E-state index contributed by atoms with van der Waals surface area (Å²) in [5.41, 5.74) is 0.125. The minimum Gasteiger partial charge on any atom is -0.459 e. The standard InChI is InChI=1S/C18H25NO5/c1-11-8-12(2)18(3,22)17(21)23-10-13-4-6-19-7-5-14(16(13)19)24-15(20)9-11/h4,9,12,14,16,22H,5-8,10H2,1-3H3/b11-9-. The van der Waals surface area contributed by atoms with Gasteiger partial charge in [0.05, 0.1) is 6.04 Å². The summed E-state index contributed by atoms with van der Waals surface area (Å²) in [4.78, 5) is 26.8. The Morgan fingerprint density at radius 2 is 2.12 bits per heavy atom. The molecule has 4 atom stereocenters. The molecule has 132 valence electrons. The summed E-state index contributed by atoms with van der Waals surface area (Å²) >= 11 is 0. The van der Waals surface area contributed by atoms with Crippen LogP contribution in [0.3, 0.4) is 0 Å². The summed E-state index contributed by atoms with van der Waals surface area (Å²) in [6, 6.07) is -0.0291. The van der Waals surface area contributed by atoms with Crippen LogP contribution in [0.4, 0.5) is 0 Å². The number of aliphatic hydroxyl groups is 1. The van der Waals surface area contributed by atoms with Gasteiger partial charge < -0.3 is 14.6 Å². The lowest BCUT2D eigenvalue weighted by atomic mass is 9.85. The predicted molar refractivity (Wildman–Crippen MR) is 87.1 cm³/mol. The van der Waals surface area contributed by atoms with Crippen LogP contribution in [0.25, 0.3) is 0 Å². The summed E-state index contributed by atoms with van der Waals surface area (Å²) in [7, 11) is 0. The van der Waals surface area contributed by atoms with E-state index in [1.165, 1.54) is 13.0 Å². The first-order valence-corrected chi connectivity index (χ1v) is 8.49. The largest absolute Gasteiger partial charge is 0.459 e. The van der Waals surface area contributed by atoms with Crippen molar-refractivity contribution < 1.29 is 24.2 Å². The molecule has 0 bridgehead atoms. The molecule has 6 heteroatoms. The zero-order valence-electron chi connectivity index (χ0n) is 14.4. The minimum atomic E-state index is -1.60. The number of esters is 2. The average Bonchev–Trinajstić information content (AvgIpc) is 3.06. The van der Waals surface area contributed by atoms with Crippen molar-refractivity contribution in [2.75, 3.05) is 19.7 Å². The highest BCUT2D eigenvalue weighted by Crippen LogP contribution is 2.33. The Bertz CT molecular complexity index is 607. The van der Waals surface area contributed by atoms with E-state index in [1.807, 2.05) is 6.08 Å². The van der Waals surface area contributed by atoms with Crippen LogP contribution >= 0.6 is 0 Å². The van der Waals surface area contributed by atoms with Crippen LogP contribution < -0.4 is 0 Å². The van der Waals surface area contributed by atoms with Crippen LogP contribution in [0, 0.1) is 5.92 Å². The lowest BCUT2D eigenvalue weighted by Crippen LogP contribution is -2.44. The van der Waals surface area contributed by atoms with Gasteiger partial charge in [0.1, 0.15) is 12.7 Å².